The van der Waals surface area contributed by atoms with E-state index in [1.807, 2.05) is 26.0 Å². The van der Waals surface area contributed by atoms with Crippen molar-refractivity contribution in [1.29, 1.82) is 0 Å². The van der Waals surface area contributed by atoms with Gasteiger partial charge in [0.2, 0.25) is 11.8 Å². The summed E-state index contributed by atoms with van der Waals surface area (Å²) in [5.41, 5.74) is 1.13. The van der Waals surface area contributed by atoms with Crippen LogP contribution in [0, 0.1) is 0 Å². The van der Waals surface area contributed by atoms with Crippen molar-refractivity contribution in [3.05, 3.63) is 90.5 Å². The molecule has 0 fully saturated rings. The van der Waals surface area contributed by atoms with Gasteiger partial charge in [-0.2, -0.15) is 0 Å². The molecule has 0 spiro atoms. The van der Waals surface area contributed by atoms with E-state index in [4.69, 9.17) is 4.74 Å². The molecule has 2 amide bonds. The predicted molar refractivity (Wildman–Crippen MR) is 148 cm³/mol. The van der Waals surface area contributed by atoms with Crippen LogP contribution in [0.3, 0.4) is 0 Å². The van der Waals surface area contributed by atoms with E-state index in [0.29, 0.717) is 11.4 Å². The van der Waals surface area contributed by atoms with E-state index in [2.05, 4.69) is 5.32 Å². The summed E-state index contributed by atoms with van der Waals surface area (Å²) in [5, 5.41) is 2.93. The molecule has 2 atom stereocenters. The highest BCUT2D eigenvalue weighted by atomic mass is 32.2. The Balaban J connectivity index is 1.98. The standard InChI is InChI=1S/C29H35N3O5S/c1-5-22(2)30-29(34)23(3)31(20-24-16-18-26(37-4)19-17-24)28(33)21-32(25-12-8-6-9-13-25)38(35,36)27-14-10-7-11-15-27/h6-19,22-23H,5,20-21H2,1-4H3,(H,30,34)/t22-,23+/m0/s1. The van der Waals surface area contributed by atoms with Crippen LogP contribution in [-0.4, -0.2) is 50.9 Å². The molecule has 8 nitrogen and oxygen atoms in total. The minimum absolute atomic E-state index is 0.0674. The van der Waals surface area contributed by atoms with E-state index in [0.717, 1.165) is 16.3 Å². The van der Waals surface area contributed by atoms with E-state index >= 15 is 0 Å². The SMILES string of the molecule is CC[C@H](C)NC(=O)[C@@H](C)N(Cc1ccc(OC)cc1)C(=O)CN(c1ccccc1)S(=O)(=O)c1ccccc1. The molecule has 202 valence electrons. The fraction of sp³-hybridized carbons (Fsp3) is 0.310. The second-order valence-corrected chi connectivity index (χ2v) is 10.9. The van der Waals surface area contributed by atoms with Gasteiger partial charge in [-0.1, -0.05) is 55.5 Å². The Morgan fingerprint density at radius 1 is 0.895 bits per heavy atom. The Labute approximate surface area is 225 Å². The van der Waals surface area contributed by atoms with Crippen LogP contribution in [0.25, 0.3) is 0 Å². The van der Waals surface area contributed by atoms with Crippen LogP contribution >= 0.6 is 0 Å². The van der Waals surface area contributed by atoms with Crippen molar-refractivity contribution < 1.29 is 22.7 Å². The van der Waals surface area contributed by atoms with Crippen molar-refractivity contribution in [2.24, 2.45) is 0 Å². The molecule has 0 aromatic heterocycles. The summed E-state index contributed by atoms with van der Waals surface area (Å²) in [6.45, 7) is 5.15. The second-order valence-electron chi connectivity index (χ2n) is 9.02. The lowest BCUT2D eigenvalue weighted by molar-refractivity contribution is -0.139. The van der Waals surface area contributed by atoms with Crippen LogP contribution in [0.2, 0.25) is 0 Å². The minimum Gasteiger partial charge on any atom is -0.497 e. The Kier molecular flexibility index (Phi) is 9.90. The molecule has 0 unspecified atom stereocenters. The number of amides is 2. The van der Waals surface area contributed by atoms with Gasteiger partial charge < -0.3 is 15.0 Å². The zero-order chi connectivity index (χ0) is 27.7. The molecule has 0 aliphatic carbocycles. The second kappa shape index (κ2) is 13.1. The number of sulfonamides is 1. The number of carbonyl (C=O) groups excluding carboxylic acids is 2. The van der Waals surface area contributed by atoms with Gasteiger partial charge in [0.15, 0.2) is 0 Å². The summed E-state index contributed by atoms with van der Waals surface area (Å²) in [5.74, 6) is -0.146. The van der Waals surface area contributed by atoms with Crippen molar-refractivity contribution in [3.63, 3.8) is 0 Å². The quantitative estimate of drug-likeness (QED) is 0.373. The van der Waals surface area contributed by atoms with E-state index < -0.39 is 28.5 Å². The van der Waals surface area contributed by atoms with E-state index in [1.54, 1.807) is 74.7 Å². The zero-order valence-corrected chi connectivity index (χ0v) is 23.0. The molecule has 0 bridgehead atoms. The average molecular weight is 538 g/mol. The van der Waals surface area contributed by atoms with Crippen LogP contribution in [0.15, 0.2) is 89.8 Å². The van der Waals surface area contributed by atoms with Gasteiger partial charge in [0, 0.05) is 12.6 Å². The largest absolute Gasteiger partial charge is 0.497 e. The molecule has 0 heterocycles. The summed E-state index contributed by atoms with van der Waals surface area (Å²) in [4.78, 5) is 28.4. The lowest BCUT2D eigenvalue weighted by Crippen LogP contribution is -2.52. The summed E-state index contributed by atoms with van der Waals surface area (Å²) in [6, 6.07) is 22.7. The Bertz CT molecular complexity index is 1300. The molecule has 3 rings (SSSR count). The number of rotatable bonds is 12. The molecular weight excluding hydrogens is 502 g/mol. The third-order valence-corrected chi connectivity index (χ3v) is 8.12. The van der Waals surface area contributed by atoms with Crippen molar-refractivity contribution in [3.8, 4) is 5.75 Å². The van der Waals surface area contributed by atoms with Crippen LogP contribution < -0.4 is 14.4 Å². The van der Waals surface area contributed by atoms with Gasteiger partial charge in [0.05, 0.1) is 17.7 Å². The van der Waals surface area contributed by atoms with Gasteiger partial charge in [0.1, 0.15) is 18.3 Å². The number of hydrogen-bond acceptors (Lipinski definition) is 5. The van der Waals surface area contributed by atoms with E-state index in [-0.39, 0.29) is 23.4 Å². The summed E-state index contributed by atoms with van der Waals surface area (Å²) < 4.78 is 33.7. The van der Waals surface area contributed by atoms with Crippen molar-refractivity contribution in [2.75, 3.05) is 18.0 Å². The molecule has 0 saturated heterocycles. The maximum atomic E-state index is 13.8. The molecule has 0 aliphatic heterocycles. The number of benzene rings is 3. The predicted octanol–water partition coefficient (Wildman–Crippen LogP) is 4.22. The van der Waals surface area contributed by atoms with Crippen LogP contribution in [-0.2, 0) is 26.2 Å². The Morgan fingerprint density at radius 3 is 2.03 bits per heavy atom. The highest BCUT2D eigenvalue weighted by molar-refractivity contribution is 7.92. The number of nitrogens with zero attached hydrogens (tertiary/aromatic N) is 2. The first-order valence-corrected chi connectivity index (χ1v) is 14.0. The lowest BCUT2D eigenvalue weighted by Gasteiger charge is -2.32. The molecule has 0 radical (unpaired) electrons. The smallest absolute Gasteiger partial charge is 0.264 e. The van der Waals surface area contributed by atoms with Gasteiger partial charge in [-0.05, 0) is 62.2 Å². The summed E-state index contributed by atoms with van der Waals surface area (Å²) in [7, 11) is -2.50. The number of carbonyl (C=O) groups is 2. The number of para-hydroxylation sites is 1. The molecular formula is C29H35N3O5S. The Morgan fingerprint density at radius 2 is 1.47 bits per heavy atom. The molecule has 3 aromatic carbocycles. The molecule has 9 heteroatoms. The first-order valence-electron chi connectivity index (χ1n) is 12.5. The third kappa shape index (κ3) is 7.13. The first-order chi connectivity index (χ1) is 18.2. The number of ether oxygens (including phenoxy) is 1. The monoisotopic (exact) mass is 537 g/mol. The van der Waals surface area contributed by atoms with Gasteiger partial charge in [-0.3, -0.25) is 13.9 Å². The number of anilines is 1. The van der Waals surface area contributed by atoms with Gasteiger partial charge in [-0.15, -0.1) is 0 Å². The molecule has 3 aromatic rings. The number of nitrogens with one attached hydrogen (secondary N) is 1. The van der Waals surface area contributed by atoms with Gasteiger partial charge in [0.25, 0.3) is 10.0 Å². The molecule has 0 aliphatic rings. The topological polar surface area (TPSA) is 96.0 Å². The summed E-state index contributed by atoms with van der Waals surface area (Å²) >= 11 is 0. The van der Waals surface area contributed by atoms with E-state index in [9.17, 15) is 18.0 Å². The van der Waals surface area contributed by atoms with Gasteiger partial charge >= 0.3 is 0 Å². The lowest BCUT2D eigenvalue weighted by atomic mass is 10.1. The molecule has 1 N–H and O–H groups in total. The number of hydrogen-bond donors (Lipinski definition) is 1. The highest BCUT2D eigenvalue weighted by Crippen LogP contribution is 2.24. The van der Waals surface area contributed by atoms with Crippen molar-refractivity contribution in [2.45, 2.75) is 50.7 Å². The fourth-order valence-corrected chi connectivity index (χ4v) is 5.25. The first kappa shape index (κ1) is 28.7. The summed E-state index contributed by atoms with van der Waals surface area (Å²) in [6.07, 6.45) is 0.738. The number of methoxy groups -OCH3 is 1. The maximum Gasteiger partial charge on any atom is 0.264 e. The minimum atomic E-state index is -4.06. The van der Waals surface area contributed by atoms with Crippen molar-refractivity contribution >= 4 is 27.5 Å². The fourth-order valence-electron chi connectivity index (χ4n) is 3.82. The molecule has 0 saturated carbocycles. The van der Waals surface area contributed by atoms with Crippen LogP contribution in [0.5, 0.6) is 5.75 Å². The normalized spacial score (nSPS) is 12.7. The molecule has 38 heavy (non-hydrogen) atoms. The third-order valence-electron chi connectivity index (χ3n) is 6.33. The maximum absolute atomic E-state index is 13.8. The average Bonchev–Trinajstić information content (AvgIpc) is 2.95. The van der Waals surface area contributed by atoms with E-state index in [1.165, 1.54) is 17.0 Å². The van der Waals surface area contributed by atoms with Crippen molar-refractivity contribution in [1.82, 2.24) is 10.2 Å². The van der Waals surface area contributed by atoms with Crippen LogP contribution in [0.4, 0.5) is 5.69 Å². The van der Waals surface area contributed by atoms with Gasteiger partial charge in [-0.25, -0.2) is 8.42 Å². The van der Waals surface area contributed by atoms with Crippen LogP contribution in [0.1, 0.15) is 32.8 Å². The highest BCUT2D eigenvalue weighted by Gasteiger charge is 2.32. The Hall–Kier alpha value is -3.85. The zero-order valence-electron chi connectivity index (χ0n) is 22.2.